The van der Waals surface area contributed by atoms with Crippen molar-refractivity contribution in [3.8, 4) is 11.5 Å². The number of ether oxygens (including phenoxy) is 2. The van der Waals surface area contributed by atoms with E-state index < -0.39 is 0 Å². The zero-order valence-corrected chi connectivity index (χ0v) is 11.7. The van der Waals surface area contributed by atoms with Crippen LogP contribution in [0.25, 0.3) is 0 Å². The molecule has 0 amide bonds. The topological polar surface area (TPSA) is 54.3 Å². The minimum Gasteiger partial charge on any atom is -0.503 e. The Kier molecular flexibility index (Phi) is 4.43. The number of phenolic OH excluding ortho intramolecular Hbond substituents is 1. The summed E-state index contributed by atoms with van der Waals surface area (Å²) in [6.45, 7) is 3.01. The van der Waals surface area contributed by atoms with Gasteiger partial charge in [-0.2, -0.15) is 5.10 Å². The quantitative estimate of drug-likeness (QED) is 0.865. The van der Waals surface area contributed by atoms with E-state index in [9.17, 15) is 5.11 Å². The fraction of sp³-hybridized carbons (Fsp3) is 0.417. The van der Waals surface area contributed by atoms with E-state index in [1.807, 2.05) is 5.01 Å². The van der Waals surface area contributed by atoms with Gasteiger partial charge < -0.3 is 14.6 Å². The van der Waals surface area contributed by atoms with Crippen LogP contribution in [0.3, 0.4) is 0 Å². The number of hydrogen-bond donors (Lipinski definition) is 1. The number of morpholine rings is 1. The summed E-state index contributed by atoms with van der Waals surface area (Å²) in [6, 6.07) is 3.53. The highest BCUT2D eigenvalue weighted by Crippen LogP contribution is 2.34. The van der Waals surface area contributed by atoms with Crippen LogP contribution >= 0.6 is 15.9 Å². The van der Waals surface area contributed by atoms with Gasteiger partial charge in [0, 0.05) is 0 Å². The molecule has 1 aliphatic heterocycles. The van der Waals surface area contributed by atoms with Gasteiger partial charge in [0.1, 0.15) is 0 Å². The zero-order chi connectivity index (χ0) is 13.0. The molecule has 2 rings (SSSR count). The summed E-state index contributed by atoms with van der Waals surface area (Å²) in [7, 11) is 1.52. The third kappa shape index (κ3) is 3.14. The van der Waals surface area contributed by atoms with E-state index in [4.69, 9.17) is 9.47 Å². The van der Waals surface area contributed by atoms with Crippen molar-refractivity contribution in [1.29, 1.82) is 0 Å². The third-order valence-electron chi connectivity index (χ3n) is 2.63. The minimum atomic E-state index is 0.0982. The van der Waals surface area contributed by atoms with Gasteiger partial charge in [-0.1, -0.05) is 0 Å². The molecular weight excluding hydrogens is 300 g/mol. The number of phenols is 1. The van der Waals surface area contributed by atoms with Crippen LogP contribution in [0.15, 0.2) is 21.7 Å². The monoisotopic (exact) mass is 314 g/mol. The maximum Gasteiger partial charge on any atom is 0.172 e. The summed E-state index contributed by atoms with van der Waals surface area (Å²) in [6.07, 6.45) is 1.75. The Bertz CT molecular complexity index is 445. The number of aromatic hydroxyl groups is 1. The lowest BCUT2D eigenvalue weighted by Crippen LogP contribution is -2.32. The molecule has 0 unspecified atom stereocenters. The van der Waals surface area contributed by atoms with Crippen molar-refractivity contribution in [2.75, 3.05) is 33.4 Å². The summed E-state index contributed by atoms with van der Waals surface area (Å²) in [4.78, 5) is 0. The average molecular weight is 315 g/mol. The number of methoxy groups -OCH3 is 1. The number of hydrogen-bond acceptors (Lipinski definition) is 5. The Morgan fingerprint density at radius 3 is 2.83 bits per heavy atom. The summed E-state index contributed by atoms with van der Waals surface area (Å²) in [5.74, 6) is 0.522. The highest BCUT2D eigenvalue weighted by Gasteiger charge is 2.09. The predicted molar refractivity (Wildman–Crippen MR) is 72.3 cm³/mol. The second-order valence-corrected chi connectivity index (χ2v) is 4.72. The van der Waals surface area contributed by atoms with Crippen molar-refractivity contribution >= 4 is 22.1 Å². The molecule has 1 saturated heterocycles. The summed E-state index contributed by atoms with van der Waals surface area (Å²) >= 11 is 3.28. The van der Waals surface area contributed by atoms with Crippen LogP contribution in [0, 0.1) is 0 Å². The molecule has 0 radical (unpaired) electrons. The first-order valence-electron chi connectivity index (χ1n) is 5.64. The van der Waals surface area contributed by atoms with E-state index >= 15 is 0 Å². The maximum absolute atomic E-state index is 9.70. The summed E-state index contributed by atoms with van der Waals surface area (Å²) in [5, 5.41) is 16.0. The van der Waals surface area contributed by atoms with Crippen LogP contribution in [0.4, 0.5) is 0 Å². The van der Waals surface area contributed by atoms with Crippen molar-refractivity contribution in [2.24, 2.45) is 5.10 Å². The van der Waals surface area contributed by atoms with Crippen LogP contribution in [-0.4, -0.2) is 49.7 Å². The molecule has 6 heteroatoms. The predicted octanol–water partition coefficient (Wildman–Crippen LogP) is 1.83. The van der Waals surface area contributed by atoms with Gasteiger partial charge in [-0.3, -0.25) is 5.01 Å². The summed E-state index contributed by atoms with van der Waals surface area (Å²) < 4.78 is 10.9. The van der Waals surface area contributed by atoms with Crippen molar-refractivity contribution < 1.29 is 14.6 Å². The van der Waals surface area contributed by atoms with E-state index in [0.717, 1.165) is 18.7 Å². The Morgan fingerprint density at radius 1 is 1.44 bits per heavy atom. The highest BCUT2D eigenvalue weighted by molar-refractivity contribution is 9.10. The molecule has 0 spiro atoms. The first-order chi connectivity index (χ1) is 8.70. The summed E-state index contributed by atoms with van der Waals surface area (Å²) in [5.41, 5.74) is 0.864. The zero-order valence-electron chi connectivity index (χ0n) is 10.1. The third-order valence-corrected chi connectivity index (χ3v) is 3.23. The van der Waals surface area contributed by atoms with Crippen molar-refractivity contribution in [1.82, 2.24) is 5.01 Å². The molecular formula is C12H15BrN2O3. The SMILES string of the molecule is COc1cc(C=NN2CCOCC2)cc(Br)c1O. The molecule has 1 aliphatic rings. The molecule has 1 heterocycles. The van der Waals surface area contributed by atoms with Crippen molar-refractivity contribution in [3.63, 3.8) is 0 Å². The lowest BCUT2D eigenvalue weighted by atomic mass is 10.2. The number of rotatable bonds is 3. The Hall–Kier alpha value is -1.27. The van der Waals surface area contributed by atoms with Crippen LogP contribution in [0.1, 0.15) is 5.56 Å². The lowest BCUT2D eigenvalue weighted by Gasteiger charge is -2.23. The molecule has 0 aliphatic carbocycles. The fourth-order valence-electron chi connectivity index (χ4n) is 1.64. The second-order valence-electron chi connectivity index (χ2n) is 3.86. The number of nitrogens with zero attached hydrogens (tertiary/aromatic N) is 2. The molecule has 18 heavy (non-hydrogen) atoms. The average Bonchev–Trinajstić information content (AvgIpc) is 2.41. The highest BCUT2D eigenvalue weighted by atomic mass is 79.9. The van der Waals surface area contributed by atoms with Crippen LogP contribution in [-0.2, 0) is 4.74 Å². The molecule has 1 aromatic rings. The Labute approximate surface area is 114 Å². The maximum atomic E-state index is 9.70. The van der Waals surface area contributed by atoms with Gasteiger partial charge in [0.25, 0.3) is 0 Å². The first-order valence-corrected chi connectivity index (χ1v) is 6.43. The van der Waals surface area contributed by atoms with Crippen LogP contribution in [0.2, 0.25) is 0 Å². The molecule has 5 nitrogen and oxygen atoms in total. The first kappa shape index (κ1) is 13.2. The largest absolute Gasteiger partial charge is 0.503 e. The lowest BCUT2D eigenvalue weighted by molar-refractivity contribution is 0.0397. The van der Waals surface area contributed by atoms with Crippen molar-refractivity contribution in [3.05, 3.63) is 22.2 Å². The molecule has 1 fully saturated rings. The Morgan fingerprint density at radius 2 is 2.17 bits per heavy atom. The molecule has 0 aromatic heterocycles. The van der Waals surface area contributed by atoms with Gasteiger partial charge in [0.05, 0.1) is 44.1 Å². The molecule has 98 valence electrons. The van der Waals surface area contributed by atoms with E-state index in [2.05, 4.69) is 21.0 Å². The molecule has 1 aromatic carbocycles. The van der Waals surface area contributed by atoms with Gasteiger partial charge in [0.15, 0.2) is 11.5 Å². The van der Waals surface area contributed by atoms with Gasteiger partial charge in [-0.25, -0.2) is 0 Å². The van der Waals surface area contributed by atoms with E-state index in [1.165, 1.54) is 7.11 Å². The molecule has 0 bridgehead atoms. The number of hydrazone groups is 1. The van der Waals surface area contributed by atoms with Gasteiger partial charge >= 0.3 is 0 Å². The van der Waals surface area contributed by atoms with Gasteiger partial charge in [-0.05, 0) is 33.6 Å². The normalized spacial score (nSPS) is 16.2. The van der Waals surface area contributed by atoms with Crippen molar-refractivity contribution in [2.45, 2.75) is 0 Å². The molecule has 1 N–H and O–H groups in total. The number of halogens is 1. The number of benzene rings is 1. The fourth-order valence-corrected chi connectivity index (χ4v) is 2.10. The molecule has 0 saturated carbocycles. The van der Waals surface area contributed by atoms with E-state index in [1.54, 1.807) is 18.3 Å². The standard InChI is InChI=1S/C12H15BrN2O3/c1-17-11-7-9(6-10(13)12(11)16)8-14-15-2-4-18-5-3-15/h6-8,16H,2-5H2,1H3. The van der Waals surface area contributed by atoms with Crippen LogP contribution in [0.5, 0.6) is 11.5 Å². The van der Waals surface area contributed by atoms with Crippen LogP contribution < -0.4 is 4.74 Å². The van der Waals surface area contributed by atoms with Gasteiger partial charge in [0.2, 0.25) is 0 Å². The Balaban J connectivity index is 2.13. The van der Waals surface area contributed by atoms with E-state index in [0.29, 0.717) is 23.4 Å². The molecule has 0 atom stereocenters. The van der Waals surface area contributed by atoms with Gasteiger partial charge in [-0.15, -0.1) is 0 Å². The minimum absolute atomic E-state index is 0.0982. The van der Waals surface area contributed by atoms with E-state index in [-0.39, 0.29) is 5.75 Å². The smallest absolute Gasteiger partial charge is 0.172 e. The second kappa shape index (κ2) is 6.06.